The van der Waals surface area contributed by atoms with Crippen molar-refractivity contribution >= 4 is 17.5 Å². The van der Waals surface area contributed by atoms with Gasteiger partial charge in [0.1, 0.15) is 5.69 Å². The SMILES string of the molecule is CCCn1nc(C(=O)Nc2cccc(C(=O)NCC)c2)ccc1=O. The van der Waals surface area contributed by atoms with Crippen LogP contribution in [0.4, 0.5) is 5.69 Å². The summed E-state index contributed by atoms with van der Waals surface area (Å²) in [6, 6.07) is 9.33. The number of carbonyl (C=O) groups is 2. The predicted molar refractivity (Wildman–Crippen MR) is 91.2 cm³/mol. The Kier molecular flexibility index (Phi) is 5.83. The Morgan fingerprint density at radius 2 is 1.92 bits per heavy atom. The van der Waals surface area contributed by atoms with Crippen LogP contribution < -0.4 is 16.2 Å². The summed E-state index contributed by atoms with van der Waals surface area (Å²) in [6.45, 7) is 4.74. The van der Waals surface area contributed by atoms with Gasteiger partial charge in [-0.2, -0.15) is 5.10 Å². The third-order valence-electron chi connectivity index (χ3n) is 3.25. The zero-order valence-electron chi connectivity index (χ0n) is 13.7. The highest BCUT2D eigenvalue weighted by atomic mass is 16.2. The highest BCUT2D eigenvalue weighted by Crippen LogP contribution is 2.11. The van der Waals surface area contributed by atoms with E-state index in [2.05, 4.69) is 15.7 Å². The third kappa shape index (κ3) is 4.28. The maximum Gasteiger partial charge on any atom is 0.276 e. The molecule has 7 nitrogen and oxygen atoms in total. The van der Waals surface area contributed by atoms with Gasteiger partial charge in [-0.1, -0.05) is 13.0 Å². The van der Waals surface area contributed by atoms with E-state index in [0.29, 0.717) is 24.3 Å². The third-order valence-corrected chi connectivity index (χ3v) is 3.25. The largest absolute Gasteiger partial charge is 0.352 e. The van der Waals surface area contributed by atoms with Crippen molar-refractivity contribution in [3.8, 4) is 0 Å². The molecule has 0 atom stereocenters. The average Bonchev–Trinajstić information content (AvgIpc) is 2.57. The van der Waals surface area contributed by atoms with Crippen molar-refractivity contribution in [2.45, 2.75) is 26.8 Å². The van der Waals surface area contributed by atoms with E-state index in [9.17, 15) is 14.4 Å². The lowest BCUT2D eigenvalue weighted by Gasteiger charge is -2.08. The molecule has 0 saturated carbocycles. The van der Waals surface area contributed by atoms with Crippen molar-refractivity contribution < 1.29 is 9.59 Å². The van der Waals surface area contributed by atoms with Crippen LogP contribution in [-0.4, -0.2) is 28.1 Å². The van der Waals surface area contributed by atoms with Crippen molar-refractivity contribution in [3.05, 3.63) is 58.0 Å². The molecule has 0 spiro atoms. The summed E-state index contributed by atoms with van der Waals surface area (Å²) < 4.78 is 1.26. The Morgan fingerprint density at radius 3 is 2.62 bits per heavy atom. The van der Waals surface area contributed by atoms with Crippen LogP contribution in [0.5, 0.6) is 0 Å². The fraction of sp³-hybridized carbons (Fsp3) is 0.294. The smallest absolute Gasteiger partial charge is 0.276 e. The molecule has 0 unspecified atom stereocenters. The van der Waals surface area contributed by atoms with Crippen LogP contribution >= 0.6 is 0 Å². The standard InChI is InChI=1S/C17H20N4O3/c1-3-10-21-15(22)9-8-14(20-21)17(24)19-13-7-5-6-12(11-13)16(23)18-4-2/h5-9,11H,3-4,10H2,1-2H3,(H,18,23)(H,19,24). The molecular formula is C17H20N4O3. The van der Waals surface area contributed by atoms with Crippen LogP contribution in [0.3, 0.4) is 0 Å². The van der Waals surface area contributed by atoms with Crippen molar-refractivity contribution in [1.29, 1.82) is 0 Å². The van der Waals surface area contributed by atoms with Crippen LogP contribution in [-0.2, 0) is 6.54 Å². The number of amides is 2. The normalized spacial score (nSPS) is 10.2. The first kappa shape index (κ1) is 17.4. The van der Waals surface area contributed by atoms with Crippen molar-refractivity contribution in [3.63, 3.8) is 0 Å². The molecule has 7 heteroatoms. The zero-order valence-corrected chi connectivity index (χ0v) is 13.7. The van der Waals surface area contributed by atoms with Gasteiger partial charge in [-0.15, -0.1) is 0 Å². The number of rotatable bonds is 6. The van der Waals surface area contributed by atoms with E-state index in [1.54, 1.807) is 24.3 Å². The topological polar surface area (TPSA) is 93.1 Å². The Balaban J connectivity index is 2.18. The highest BCUT2D eigenvalue weighted by molar-refractivity contribution is 6.03. The van der Waals surface area contributed by atoms with E-state index < -0.39 is 5.91 Å². The summed E-state index contributed by atoms with van der Waals surface area (Å²) in [5.74, 6) is -0.642. The number of hydrogen-bond acceptors (Lipinski definition) is 4. The monoisotopic (exact) mass is 328 g/mol. The molecule has 0 aliphatic rings. The van der Waals surface area contributed by atoms with E-state index in [1.165, 1.54) is 16.8 Å². The molecule has 0 fully saturated rings. The minimum atomic E-state index is -0.437. The second kappa shape index (κ2) is 8.05. The van der Waals surface area contributed by atoms with E-state index in [0.717, 1.165) is 6.42 Å². The highest BCUT2D eigenvalue weighted by Gasteiger charge is 2.11. The molecule has 0 saturated heterocycles. The van der Waals surface area contributed by atoms with Gasteiger partial charge in [-0.05, 0) is 37.6 Å². The Hall–Kier alpha value is -2.96. The van der Waals surface area contributed by atoms with Gasteiger partial charge in [0.2, 0.25) is 0 Å². The number of nitrogens with one attached hydrogen (secondary N) is 2. The quantitative estimate of drug-likeness (QED) is 0.843. The molecule has 2 N–H and O–H groups in total. The molecular weight excluding hydrogens is 308 g/mol. The first-order valence-corrected chi connectivity index (χ1v) is 7.83. The number of carbonyl (C=O) groups excluding carboxylic acids is 2. The second-order valence-electron chi connectivity index (χ2n) is 5.17. The molecule has 0 aliphatic heterocycles. The number of nitrogens with zero attached hydrogens (tertiary/aromatic N) is 2. The minimum Gasteiger partial charge on any atom is -0.352 e. The molecule has 2 aromatic rings. The molecule has 0 aliphatic carbocycles. The molecule has 1 heterocycles. The number of aryl methyl sites for hydroxylation is 1. The van der Waals surface area contributed by atoms with E-state index in [-0.39, 0.29) is 17.2 Å². The summed E-state index contributed by atoms with van der Waals surface area (Å²) >= 11 is 0. The van der Waals surface area contributed by atoms with Crippen LogP contribution in [0.2, 0.25) is 0 Å². The second-order valence-corrected chi connectivity index (χ2v) is 5.17. The molecule has 126 valence electrons. The maximum atomic E-state index is 12.3. The lowest BCUT2D eigenvalue weighted by molar-refractivity contribution is 0.0954. The van der Waals surface area contributed by atoms with Crippen LogP contribution in [0.1, 0.15) is 41.1 Å². The lowest BCUT2D eigenvalue weighted by Crippen LogP contribution is -2.26. The molecule has 2 amide bonds. The van der Waals surface area contributed by atoms with Crippen LogP contribution in [0, 0.1) is 0 Å². The summed E-state index contributed by atoms with van der Waals surface area (Å²) in [4.78, 5) is 35.8. The minimum absolute atomic E-state index is 0.145. The van der Waals surface area contributed by atoms with Gasteiger partial charge >= 0.3 is 0 Å². The summed E-state index contributed by atoms with van der Waals surface area (Å²) in [5.41, 5.74) is 0.843. The average molecular weight is 328 g/mol. The number of anilines is 1. The summed E-state index contributed by atoms with van der Waals surface area (Å²) in [7, 11) is 0. The first-order chi connectivity index (χ1) is 11.5. The van der Waals surface area contributed by atoms with Crippen LogP contribution in [0.25, 0.3) is 0 Å². The summed E-state index contributed by atoms with van der Waals surface area (Å²) in [5, 5.41) is 9.45. The molecule has 24 heavy (non-hydrogen) atoms. The van der Waals surface area contributed by atoms with Gasteiger partial charge < -0.3 is 10.6 Å². The van der Waals surface area contributed by atoms with E-state index >= 15 is 0 Å². The molecule has 1 aromatic carbocycles. The molecule has 0 bridgehead atoms. The van der Waals surface area contributed by atoms with E-state index in [1.807, 2.05) is 13.8 Å². The fourth-order valence-corrected chi connectivity index (χ4v) is 2.14. The van der Waals surface area contributed by atoms with E-state index in [4.69, 9.17) is 0 Å². The van der Waals surface area contributed by atoms with Gasteiger partial charge in [0.15, 0.2) is 0 Å². The first-order valence-electron chi connectivity index (χ1n) is 7.83. The molecule has 2 rings (SSSR count). The lowest BCUT2D eigenvalue weighted by atomic mass is 10.2. The van der Waals surface area contributed by atoms with Gasteiger partial charge in [-0.3, -0.25) is 14.4 Å². The van der Waals surface area contributed by atoms with Gasteiger partial charge in [0.25, 0.3) is 17.4 Å². The Labute approximate surface area is 139 Å². The van der Waals surface area contributed by atoms with Gasteiger partial charge in [0, 0.05) is 30.4 Å². The molecule has 0 radical (unpaired) electrons. The number of benzene rings is 1. The predicted octanol–water partition coefficient (Wildman–Crippen LogP) is 1.66. The zero-order chi connectivity index (χ0) is 17.5. The maximum absolute atomic E-state index is 12.3. The van der Waals surface area contributed by atoms with Gasteiger partial charge in [0.05, 0.1) is 0 Å². The Bertz CT molecular complexity index is 798. The van der Waals surface area contributed by atoms with Crippen LogP contribution in [0.15, 0.2) is 41.2 Å². The molecule has 1 aromatic heterocycles. The Morgan fingerprint density at radius 1 is 1.12 bits per heavy atom. The van der Waals surface area contributed by atoms with Crippen molar-refractivity contribution in [1.82, 2.24) is 15.1 Å². The fourth-order valence-electron chi connectivity index (χ4n) is 2.14. The van der Waals surface area contributed by atoms with Crippen molar-refractivity contribution in [2.75, 3.05) is 11.9 Å². The number of hydrogen-bond donors (Lipinski definition) is 2. The van der Waals surface area contributed by atoms with Crippen molar-refractivity contribution in [2.24, 2.45) is 0 Å². The number of aromatic nitrogens is 2. The van der Waals surface area contributed by atoms with Gasteiger partial charge in [-0.25, -0.2) is 4.68 Å². The summed E-state index contributed by atoms with van der Waals surface area (Å²) in [6.07, 6.45) is 0.743.